The van der Waals surface area contributed by atoms with Gasteiger partial charge in [0.05, 0.1) is 11.4 Å². The van der Waals surface area contributed by atoms with Crippen LogP contribution in [0.2, 0.25) is 0 Å². The van der Waals surface area contributed by atoms with Crippen molar-refractivity contribution in [1.82, 2.24) is 0 Å². The number of hydrogen-bond donors (Lipinski definition) is 2. The topological polar surface area (TPSA) is 60.6 Å². The summed E-state index contributed by atoms with van der Waals surface area (Å²) in [6.45, 7) is 15.5. The molecule has 3 rings (SSSR count). The van der Waals surface area contributed by atoms with Gasteiger partial charge >= 0.3 is 0 Å². The van der Waals surface area contributed by atoms with Crippen molar-refractivity contribution in [3.8, 4) is 0 Å². The molecule has 0 aliphatic heterocycles. The van der Waals surface area contributed by atoms with Crippen LogP contribution >= 0.6 is 0 Å². The highest BCUT2D eigenvalue weighted by atomic mass is 19.1. The lowest BCUT2D eigenvalue weighted by molar-refractivity contribution is 0.468. The molecular formula is C27H29FN4. The molecule has 2 aromatic rings. The molecule has 1 saturated carbocycles. The van der Waals surface area contributed by atoms with Gasteiger partial charge in [-0.25, -0.2) is 9.38 Å². The van der Waals surface area contributed by atoms with Crippen LogP contribution in [-0.4, -0.2) is 23.9 Å². The van der Waals surface area contributed by atoms with Gasteiger partial charge in [-0.05, 0) is 49.6 Å². The Balaban J connectivity index is 0.00000385. The maximum absolute atomic E-state index is 13.4. The molecule has 4 nitrogen and oxygen atoms in total. The maximum Gasteiger partial charge on any atom is 0.152 e. The lowest BCUT2D eigenvalue weighted by Crippen LogP contribution is -2.07. The second-order valence-electron chi connectivity index (χ2n) is 7.72. The zero-order valence-corrected chi connectivity index (χ0v) is 18.5. The molecular weight excluding hydrogens is 399 g/mol. The summed E-state index contributed by atoms with van der Waals surface area (Å²) in [7, 11) is 0. The first-order chi connectivity index (χ1) is 15.3. The minimum absolute atomic E-state index is 0. The molecule has 2 N–H and O–H groups in total. The van der Waals surface area contributed by atoms with Crippen molar-refractivity contribution >= 4 is 29.1 Å². The highest BCUT2D eigenvalue weighted by molar-refractivity contribution is 6.10. The van der Waals surface area contributed by atoms with Gasteiger partial charge in [0.15, 0.2) is 5.84 Å². The first-order valence-electron chi connectivity index (χ1n) is 10.3. The minimum Gasteiger partial charge on any atom is -0.348 e. The van der Waals surface area contributed by atoms with Crippen LogP contribution in [0, 0.1) is 25.2 Å². The lowest BCUT2D eigenvalue weighted by Gasteiger charge is -2.13. The number of anilines is 1. The quantitative estimate of drug-likeness (QED) is 0.204. The molecule has 0 radical (unpaired) electrons. The number of rotatable bonds is 8. The summed E-state index contributed by atoms with van der Waals surface area (Å²) in [4.78, 5) is 8.80. The van der Waals surface area contributed by atoms with Crippen LogP contribution in [0.1, 0.15) is 24.5 Å². The molecule has 164 valence electrons. The van der Waals surface area contributed by atoms with E-state index in [1.807, 2.05) is 56.3 Å². The van der Waals surface area contributed by atoms with Crippen LogP contribution in [-0.2, 0) is 0 Å². The fourth-order valence-electron chi connectivity index (χ4n) is 3.14. The Morgan fingerprint density at radius 1 is 1.25 bits per heavy atom. The van der Waals surface area contributed by atoms with Crippen molar-refractivity contribution in [3.63, 3.8) is 0 Å². The summed E-state index contributed by atoms with van der Waals surface area (Å²) in [6.07, 6.45) is 2.76. The zero-order valence-electron chi connectivity index (χ0n) is 18.5. The molecule has 32 heavy (non-hydrogen) atoms. The van der Waals surface area contributed by atoms with Crippen LogP contribution in [0.3, 0.4) is 0 Å². The van der Waals surface area contributed by atoms with Crippen LogP contribution in [0.5, 0.6) is 0 Å². The monoisotopic (exact) mass is 428 g/mol. The van der Waals surface area contributed by atoms with Crippen molar-refractivity contribution < 1.29 is 5.82 Å². The number of halogens is 1. The standard InChI is InChI=1S/C27H27FN4.H2/c1-6-23(19(5)16-30-25-11-9-8-10-17(25)3)31-26-14-20(13-12-18(26)4)27(29)32-24(7-2)21-15-22(21)28;/h7-14,16,21-22,29,31H,1-2,5,15H2,3-4H3;1H/t21-,22-;/m0./s1. The highest BCUT2D eigenvalue weighted by Crippen LogP contribution is 2.35. The minimum atomic E-state index is -0.887. The molecule has 0 unspecified atom stereocenters. The average Bonchev–Trinajstić information content (AvgIpc) is 3.52. The summed E-state index contributed by atoms with van der Waals surface area (Å²) < 4.78 is 13.4. The van der Waals surface area contributed by atoms with E-state index >= 15 is 0 Å². The molecule has 2 atom stereocenters. The first kappa shape index (κ1) is 22.9. The third-order valence-corrected chi connectivity index (χ3v) is 5.29. The molecule has 0 heterocycles. The molecule has 0 saturated heterocycles. The Labute approximate surface area is 190 Å². The first-order valence-corrected chi connectivity index (χ1v) is 10.3. The molecule has 1 aliphatic carbocycles. The number of hydrogen-bond acceptors (Lipinski definition) is 3. The van der Waals surface area contributed by atoms with E-state index in [9.17, 15) is 4.39 Å². The van der Waals surface area contributed by atoms with Crippen LogP contribution in [0.15, 0.2) is 95.3 Å². The van der Waals surface area contributed by atoms with E-state index in [-0.39, 0.29) is 13.2 Å². The van der Waals surface area contributed by atoms with Crippen molar-refractivity contribution in [2.24, 2.45) is 15.9 Å². The second-order valence-corrected chi connectivity index (χ2v) is 7.72. The fourth-order valence-corrected chi connectivity index (χ4v) is 3.14. The van der Waals surface area contributed by atoms with Gasteiger partial charge in [0.25, 0.3) is 0 Å². The largest absolute Gasteiger partial charge is 0.348 e. The van der Waals surface area contributed by atoms with E-state index in [1.165, 1.54) is 6.08 Å². The van der Waals surface area contributed by atoms with Gasteiger partial charge in [-0.1, -0.05) is 50.1 Å². The molecule has 0 amide bonds. The van der Waals surface area contributed by atoms with Crippen molar-refractivity contribution in [2.75, 3.05) is 5.32 Å². The van der Waals surface area contributed by atoms with Gasteiger partial charge in [-0.3, -0.25) is 10.4 Å². The van der Waals surface area contributed by atoms with Crippen LogP contribution < -0.4 is 5.32 Å². The van der Waals surface area contributed by atoms with E-state index < -0.39 is 6.17 Å². The number of aliphatic imine (C=N–C) groups is 2. The zero-order chi connectivity index (χ0) is 23.3. The Morgan fingerprint density at radius 2 is 1.97 bits per heavy atom. The molecule has 2 aromatic carbocycles. The molecule has 0 bridgehead atoms. The van der Waals surface area contributed by atoms with Crippen LogP contribution in [0.4, 0.5) is 15.8 Å². The third kappa shape index (κ3) is 5.45. The molecule has 0 aromatic heterocycles. The predicted octanol–water partition coefficient (Wildman–Crippen LogP) is 6.90. The summed E-state index contributed by atoms with van der Waals surface area (Å²) in [5.74, 6) is -0.187. The van der Waals surface area contributed by atoms with Gasteiger partial charge < -0.3 is 5.32 Å². The summed E-state index contributed by atoms with van der Waals surface area (Å²) in [6, 6.07) is 13.4. The molecule has 5 heteroatoms. The number of allylic oxidation sites excluding steroid dienone is 2. The number of amidine groups is 1. The third-order valence-electron chi connectivity index (χ3n) is 5.29. The number of para-hydroxylation sites is 1. The normalized spacial score (nSPS) is 17.5. The maximum atomic E-state index is 13.4. The SMILES string of the molecule is C=C=C(Nc1cc(C(=N)N=C(C=C)[C@H]2C[C@@H]2F)ccc1C)C(=C)C=Nc1ccccc1C.[HH]. The van der Waals surface area contributed by atoms with Crippen LogP contribution in [0.25, 0.3) is 0 Å². The molecule has 0 spiro atoms. The van der Waals surface area contributed by atoms with E-state index in [0.717, 1.165) is 22.5 Å². The number of nitrogens with zero attached hydrogens (tertiary/aromatic N) is 2. The summed E-state index contributed by atoms with van der Waals surface area (Å²) in [5.41, 5.74) is 8.89. The van der Waals surface area contributed by atoms with E-state index in [0.29, 0.717) is 29.0 Å². The van der Waals surface area contributed by atoms with Crippen molar-refractivity contribution in [1.29, 1.82) is 5.41 Å². The Bertz CT molecular complexity index is 1190. The van der Waals surface area contributed by atoms with Crippen molar-refractivity contribution in [3.05, 3.63) is 102 Å². The van der Waals surface area contributed by atoms with E-state index in [2.05, 4.69) is 40.8 Å². The summed E-state index contributed by atoms with van der Waals surface area (Å²) >= 11 is 0. The van der Waals surface area contributed by atoms with E-state index in [4.69, 9.17) is 5.41 Å². The smallest absolute Gasteiger partial charge is 0.152 e. The van der Waals surface area contributed by atoms with Gasteiger partial charge in [0, 0.05) is 36.1 Å². The Kier molecular flexibility index (Phi) is 7.14. The number of nitrogens with one attached hydrogen (secondary N) is 2. The second kappa shape index (κ2) is 9.99. The van der Waals surface area contributed by atoms with Gasteiger partial charge in [0.2, 0.25) is 0 Å². The molecule has 1 aliphatic rings. The highest BCUT2D eigenvalue weighted by Gasteiger charge is 2.40. The fraction of sp³-hybridized carbons (Fsp3) is 0.185. The predicted molar refractivity (Wildman–Crippen MR) is 136 cm³/mol. The van der Waals surface area contributed by atoms with Gasteiger partial charge in [0.1, 0.15) is 6.17 Å². The van der Waals surface area contributed by atoms with Crippen molar-refractivity contribution in [2.45, 2.75) is 26.4 Å². The number of aryl methyl sites for hydroxylation is 2. The molecule has 1 fully saturated rings. The van der Waals surface area contributed by atoms with Gasteiger partial charge in [-0.2, -0.15) is 0 Å². The Morgan fingerprint density at radius 3 is 2.59 bits per heavy atom. The summed E-state index contributed by atoms with van der Waals surface area (Å²) in [5, 5.41) is 11.6. The van der Waals surface area contributed by atoms with Gasteiger partial charge in [-0.15, -0.1) is 5.73 Å². The Hall–Kier alpha value is -3.82. The average molecular weight is 429 g/mol. The lowest BCUT2D eigenvalue weighted by atomic mass is 10.1. The number of alkyl halides is 1. The number of benzene rings is 2. The van der Waals surface area contributed by atoms with E-state index in [1.54, 1.807) is 6.21 Å².